The highest BCUT2D eigenvalue weighted by atomic mass is 35.5. The van der Waals surface area contributed by atoms with Gasteiger partial charge in [0.1, 0.15) is 5.82 Å². The minimum absolute atomic E-state index is 0.741. The molecule has 0 saturated carbocycles. The molecule has 0 aliphatic carbocycles. The third-order valence-corrected chi connectivity index (χ3v) is 3.35. The van der Waals surface area contributed by atoms with Gasteiger partial charge in [0.15, 0.2) is 0 Å². The molecule has 4 heteroatoms. The molecule has 1 fully saturated rings. The number of nitrogens with zero attached hydrogens (tertiary/aromatic N) is 2. The quantitative estimate of drug-likeness (QED) is 0.838. The maximum absolute atomic E-state index is 6.31. The molecule has 88 valence electrons. The van der Waals surface area contributed by atoms with Gasteiger partial charge < -0.3 is 10.2 Å². The van der Waals surface area contributed by atoms with Gasteiger partial charge in [-0.05, 0) is 12.1 Å². The van der Waals surface area contributed by atoms with E-state index < -0.39 is 0 Å². The molecule has 3 nitrogen and oxygen atoms in total. The van der Waals surface area contributed by atoms with E-state index >= 15 is 0 Å². The Bertz CT molecular complexity index is 535. The fourth-order valence-electron chi connectivity index (χ4n) is 2.18. The first-order chi connectivity index (χ1) is 8.34. The Kier molecular flexibility index (Phi) is 2.87. The molecule has 0 unspecified atom stereocenters. The van der Waals surface area contributed by atoms with Gasteiger partial charge in [0.25, 0.3) is 0 Å². The molecular formula is C13H14ClN3. The van der Waals surface area contributed by atoms with E-state index in [0.717, 1.165) is 47.9 Å². The first-order valence-electron chi connectivity index (χ1n) is 5.85. The molecule has 1 N–H and O–H groups in total. The van der Waals surface area contributed by atoms with Crippen molar-refractivity contribution in [3.8, 4) is 0 Å². The summed E-state index contributed by atoms with van der Waals surface area (Å²) in [5.41, 5.74) is 1.01. The zero-order valence-electron chi connectivity index (χ0n) is 9.49. The zero-order valence-corrected chi connectivity index (χ0v) is 10.2. The van der Waals surface area contributed by atoms with Crippen LogP contribution >= 0.6 is 11.6 Å². The number of para-hydroxylation sites is 1. The zero-order chi connectivity index (χ0) is 11.7. The summed E-state index contributed by atoms with van der Waals surface area (Å²) in [6.07, 6.45) is 0. The Labute approximate surface area is 105 Å². The van der Waals surface area contributed by atoms with Crippen molar-refractivity contribution in [1.82, 2.24) is 10.3 Å². The van der Waals surface area contributed by atoms with Crippen molar-refractivity contribution < 1.29 is 0 Å². The van der Waals surface area contributed by atoms with E-state index in [1.165, 1.54) is 0 Å². The average Bonchev–Trinajstić information content (AvgIpc) is 2.39. The molecule has 0 atom stereocenters. The predicted molar refractivity (Wildman–Crippen MR) is 71.8 cm³/mol. The second kappa shape index (κ2) is 4.51. The van der Waals surface area contributed by atoms with Crippen LogP contribution in [0, 0.1) is 0 Å². The fraction of sp³-hybridized carbons (Fsp3) is 0.308. The molecule has 2 heterocycles. The van der Waals surface area contributed by atoms with Crippen LogP contribution in [-0.4, -0.2) is 31.2 Å². The standard InChI is InChI=1S/C13H14ClN3/c14-11-9-10-3-1-2-4-12(10)16-13(11)17-7-5-15-6-8-17/h1-4,9,15H,5-8H2. The van der Waals surface area contributed by atoms with Crippen LogP contribution < -0.4 is 10.2 Å². The van der Waals surface area contributed by atoms with Gasteiger partial charge in [0.2, 0.25) is 0 Å². The Morgan fingerprint density at radius 2 is 1.94 bits per heavy atom. The number of pyridine rings is 1. The van der Waals surface area contributed by atoms with Crippen LogP contribution in [0.4, 0.5) is 5.82 Å². The summed E-state index contributed by atoms with van der Waals surface area (Å²) in [7, 11) is 0. The summed E-state index contributed by atoms with van der Waals surface area (Å²) < 4.78 is 0. The third-order valence-electron chi connectivity index (χ3n) is 3.08. The smallest absolute Gasteiger partial charge is 0.148 e. The number of benzene rings is 1. The number of piperazine rings is 1. The third kappa shape index (κ3) is 2.08. The van der Waals surface area contributed by atoms with Gasteiger partial charge >= 0.3 is 0 Å². The molecule has 3 rings (SSSR count). The lowest BCUT2D eigenvalue weighted by molar-refractivity contribution is 0.585. The van der Waals surface area contributed by atoms with E-state index in [9.17, 15) is 0 Å². The number of rotatable bonds is 1. The van der Waals surface area contributed by atoms with Gasteiger partial charge in [-0.3, -0.25) is 0 Å². The number of anilines is 1. The Morgan fingerprint density at radius 3 is 2.76 bits per heavy atom. The lowest BCUT2D eigenvalue weighted by atomic mass is 10.2. The largest absolute Gasteiger partial charge is 0.353 e. The lowest BCUT2D eigenvalue weighted by Gasteiger charge is -2.29. The second-order valence-corrected chi connectivity index (χ2v) is 4.63. The molecule has 0 bridgehead atoms. The molecule has 0 radical (unpaired) electrons. The normalized spacial score (nSPS) is 16.4. The molecule has 1 aliphatic rings. The van der Waals surface area contributed by atoms with E-state index in [4.69, 9.17) is 11.6 Å². The van der Waals surface area contributed by atoms with Crippen LogP contribution in [0.15, 0.2) is 30.3 Å². The first kappa shape index (κ1) is 10.8. The van der Waals surface area contributed by atoms with Crippen molar-refractivity contribution in [3.63, 3.8) is 0 Å². The molecule has 1 aromatic carbocycles. The van der Waals surface area contributed by atoms with Gasteiger partial charge in [-0.25, -0.2) is 4.98 Å². The number of halogens is 1. The minimum Gasteiger partial charge on any atom is -0.353 e. The van der Waals surface area contributed by atoms with Crippen LogP contribution in [0.2, 0.25) is 5.02 Å². The van der Waals surface area contributed by atoms with Crippen molar-refractivity contribution in [3.05, 3.63) is 35.4 Å². The number of aromatic nitrogens is 1. The van der Waals surface area contributed by atoms with Crippen LogP contribution in [-0.2, 0) is 0 Å². The summed E-state index contributed by atoms with van der Waals surface area (Å²) in [6.45, 7) is 3.91. The van der Waals surface area contributed by atoms with Crippen molar-refractivity contribution in [2.75, 3.05) is 31.1 Å². The van der Waals surface area contributed by atoms with Gasteiger partial charge in [-0.15, -0.1) is 0 Å². The Hall–Kier alpha value is -1.32. The van der Waals surface area contributed by atoms with E-state index in [2.05, 4.69) is 15.2 Å². The molecule has 0 spiro atoms. The maximum Gasteiger partial charge on any atom is 0.148 e. The number of nitrogens with one attached hydrogen (secondary N) is 1. The van der Waals surface area contributed by atoms with Gasteiger partial charge in [0, 0.05) is 31.6 Å². The van der Waals surface area contributed by atoms with Crippen molar-refractivity contribution >= 4 is 28.3 Å². The average molecular weight is 248 g/mol. The van der Waals surface area contributed by atoms with Crippen LogP contribution in [0.3, 0.4) is 0 Å². The fourth-order valence-corrected chi connectivity index (χ4v) is 2.46. The highest BCUT2D eigenvalue weighted by Crippen LogP contribution is 2.27. The molecule has 1 aliphatic heterocycles. The van der Waals surface area contributed by atoms with Crippen molar-refractivity contribution in [1.29, 1.82) is 0 Å². The minimum atomic E-state index is 0.741. The summed E-state index contributed by atoms with van der Waals surface area (Å²) in [5.74, 6) is 0.909. The van der Waals surface area contributed by atoms with E-state index in [1.54, 1.807) is 0 Å². The van der Waals surface area contributed by atoms with Gasteiger partial charge in [-0.2, -0.15) is 0 Å². The SMILES string of the molecule is Clc1cc2ccccc2nc1N1CCNCC1. The van der Waals surface area contributed by atoms with E-state index in [-0.39, 0.29) is 0 Å². The Morgan fingerprint density at radius 1 is 1.18 bits per heavy atom. The van der Waals surface area contributed by atoms with Crippen molar-refractivity contribution in [2.45, 2.75) is 0 Å². The number of fused-ring (bicyclic) bond motifs is 1. The van der Waals surface area contributed by atoms with E-state index in [0.29, 0.717) is 0 Å². The number of hydrogen-bond donors (Lipinski definition) is 1. The van der Waals surface area contributed by atoms with Crippen LogP contribution in [0.5, 0.6) is 0 Å². The predicted octanol–water partition coefficient (Wildman–Crippen LogP) is 2.30. The molecule has 1 saturated heterocycles. The Balaban J connectivity index is 2.06. The van der Waals surface area contributed by atoms with Gasteiger partial charge in [0.05, 0.1) is 10.5 Å². The number of hydrogen-bond acceptors (Lipinski definition) is 3. The van der Waals surface area contributed by atoms with Crippen LogP contribution in [0.25, 0.3) is 10.9 Å². The first-order valence-corrected chi connectivity index (χ1v) is 6.23. The summed E-state index contributed by atoms with van der Waals surface area (Å²) >= 11 is 6.31. The summed E-state index contributed by atoms with van der Waals surface area (Å²) in [4.78, 5) is 6.91. The second-order valence-electron chi connectivity index (χ2n) is 4.22. The molecule has 17 heavy (non-hydrogen) atoms. The monoisotopic (exact) mass is 247 g/mol. The highest BCUT2D eigenvalue weighted by molar-refractivity contribution is 6.33. The van der Waals surface area contributed by atoms with Gasteiger partial charge in [-0.1, -0.05) is 29.8 Å². The van der Waals surface area contributed by atoms with Crippen LogP contribution in [0.1, 0.15) is 0 Å². The topological polar surface area (TPSA) is 28.2 Å². The molecular weight excluding hydrogens is 234 g/mol. The summed E-state index contributed by atoms with van der Waals surface area (Å²) in [5, 5.41) is 5.16. The highest BCUT2D eigenvalue weighted by Gasteiger charge is 2.15. The summed E-state index contributed by atoms with van der Waals surface area (Å²) in [6, 6.07) is 10.1. The molecule has 2 aromatic rings. The maximum atomic E-state index is 6.31. The van der Waals surface area contributed by atoms with E-state index in [1.807, 2.05) is 30.3 Å². The lowest BCUT2D eigenvalue weighted by Crippen LogP contribution is -2.44. The molecule has 0 amide bonds. The molecule has 1 aromatic heterocycles. The van der Waals surface area contributed by atoms with Crippen molar-refractivity contribution in [2.24, 2.45) is 0 Å².